The number of ether oxygens (including phenoxy) is 1. The maximum absolute atomic E-state index is 12.1. The molecule has 24 heavy (non-hydrogen) atoms. The van der Waals surface area contributed by atoms with Crippen LogP contribution in [0, 0.1) is 0 Å². The first-order chi connectivity index (χ1) is 11.5. The smallest absolute Gasteiger partial charge is 0.258 e. The third-order valence-corrected chi connectivity index (χ3v) is 5.04. The lowest BCUT2D eigenvalue weighted by Crippen LogP contribution is -2.31. The normalized spacial score (nSPS) is 14.1. The minimum Gasteiger partial charge on any atom is -0.482 e. The van der Waals surface area contributed by atoms with Crippen LogP contribution in [0.4, 0.5) is 0 Å². The predicted octanol–water partition coefficient (Wildman–Crippen LogP) is 4.85. The number of fused-ring (bicyclic) bond motifs is 1. The van der Waals surface area contributed by atoms with Crippen molar-refractivity contribution in [3.63, 3.8) is 0 Å². The molecular formula is C19H19BrClNO2. The summed E-state index contributed by atoms with van der Waals surface area (Å²) >= 11 is 9.42. The van der Waals surface area contributed by atoms with E-state index < -0.39 is 0 Å². The molecule has 1 atom stereocenters. The molecule has 3 rings (SSSR count). The van der Waals surface area contributed by atoms with E-state index >= 15 is 0 Å². The molecule has 0 unspecified atom stereocenters. The number of nitrogens with one attached hydrogen (secondary N) is 1. The summed E-state index contributed by atoms with van der Waals surface area (Å²) in [7, 11) is 0. The zero-order chi connectivity index (χ0) is 17.1. The van der Waals surface area contributed by atoms with E-state index in [-0.39, 0.29) is 18.6 Å². The minimum absolute atomic E-state index is 0.0487. The Bertz CT molecular complexity index is 763. The van der Waals surface area contributed by atoms with E-state index in [0.717, 1.165) is 22.9 Å². The van der Waals surface area contributed by atoms with E-state index in [1.54, 1.807) is 12.1 Å². The average molecular weight is 409 g/mol. The summed E-state index contributed by atoms with van der Waals surface area (Å²) in [5, 5.41) is 3.45. The molecule has 0 aromatic heterocycles. The molecule has 0 radical (unpaired) electrons. The summed E-state index contributed by atoms with van der Waals surface area (Å²) in [6.45, 7) is 1.93. The zero-order valence-corrected chi connectivity index (χ0v) is 15.8. The van der Waals surface area contributed by atoms with Crippen molar-refractivity contribution in [2.24, 2.45) is 0 Å². The number of carbonyl (C=O) groups is 1. The van der Waals surface area contributed by atoms with Gasteiger partial charge in [0.2, 0.25) is 0 Å². The van der Waals surface area contributed by atoms with Gasteiger partial charge in [0.05, 0.1) is 11.1 Å². The largest absolute Gasteiger partial charge is 0.482 e. The summed E-state index contributed by atoms with van der Waals surface area (Å²) < 4.78 is 6.37. The number of halogens is 2. The summed E-state index contributed by atoms with van der Waals surface area (Å²) in [5.41, 5.74) is 3.97. The van der Waals surface area contributed by atoms with E-state index in [2.05, 4.69) is 39.4 Å². The van der Waals surface area contributed by atoms with Crippen molar-refractivity contribution in [2.75, 3.05) is 6.61 Å². The molecule has 0 spiro atoms. The van der Waals surface area contributed by atoms with E-state index in [1.807, 2.05) is 13.0 Å². The second-order valence-electron chi connectivity index (χ2n) is 6.03. The Morgan fingerprint density at radius 1 is 1.25 bits per heavy atom. The zero-order valence-electron chi connectivity index (χ0n) is 13.4. The van der Waals surface area contributed by atoms with Crippen LogP contribution in [0.1, 0.15) is 36.1 Å². The van der Waals surface area contributed by atoms with Crippen LogP contribution >= 0.6 is 27.5 Å². The van der Waals surface area contributed by atoms with E-state index in [4.69, 9.17) is 16.3 Å². The average Bonchev–Trinajstić information content (AvgIpc) is 3.01. The van der Waals surface area contributed by atoms with Crippen LogP contribution in [0.25, 0.3) is 0 Å². The summed E-state index contributed by atoms with van der Waals surface area (Å²) in [4.78, 5) is 12.1. The Morgan fingerprint density at radius 2 is 2.04 bits per heavy atom. The van der Waals surface area contributed by atoms with Gasteiger partial charge in [0.1, 0.15) is 5.75 Å². The molecule has 2 aromatic carbocycles. The van der Waals surface area contributed by atoms with Gasteiger partial charge in [0.25, 0.3) is 5.91 Å². The van der Waals surface area contributed by atoms with Crippen LogP contribution < -0.4 is 10.1 Å². The van der Waals surface area contributed by atoms with Gasteiger partial charge in [0.15, 0.2) is 6.61 Å². The number of rotatable bonds is 5. The fraction of sp³-hybridized carbons (Fsp3) is 0.316. The van der Waals surface area contributed by atoms with Crippen LogP contribution in [0.15, 0.2) is 40.9 Å². The van der Waals surface area contributed by atoms with Crippen LogP contribution in [-0.2, 0) is 17.6 Å². The minimum atomic E-state index is -0.165. The van der Waals surface area contributed by atoms with Gasteiger partial charge in [-0.3, -0.25) is 4.79 Å². The first-order valence-corrected chi connectivity index (χ1v) is 9.19. The first kappa shape index (κ1) is 17.3. The van der Waals surface area contributed by atoms with Gasteiger partial charge >= 0.3 is 0 Å². The van der Waals surface area contributed by atoms with Gasteiger partial charge < -0.3 is 10.1 Å². The van der Waals surface area contributed by atoms with Gasteiger partial charge in [0, 0.05) is 4.47 Å². The molecule has 1 amide bonds. The SMILES string of the molecule is C[C@H](NC(=O)COc1ccc(Br)cc1Cl)c1ccc2c(c1)CCC2. The second-order valence-corrected chi connectivity index (χ2v) is 7.36. The fourth-order valence-electron chi connectivity index (χ4n) is 2.96. The number of hydrogen-bond donors (Lipinski definition) is 1. The van der Waals surface area contributed by atoms with Crippen molar-refractivity contribution in [2.45, 2.75) is 32.2 Å². The third kappa shape index (κ3) is 4.11. The predicted molar refractivity (Wildman–Crippen MR) is 99.7 cm³/mol. The fourth-order valence-corrected chi connectivity index (χ4v) is 3.69. The molecule has 0 heterocycles. The van der Waals surface area contributed by atoms with Crippen LogP contribution in [0.3, 0.4) is 0 Å². The van der Waals surface area contributed by atoms with E-state index in [0.29, 0.717) is 10.8 Å². The standard InChI is InChI=1S/C19H19BrClNO2/c1-12(14-6-5-13-3-2-4-15(13)9-14)22-19(23)11-24-18-8-7-16(20)10-17(18)21/h5-10,12H,2-4,11H2,1H3,(H,22,23)/t12-/m0/s1. The van der Waals surface area contributed by atoms with Crippen molar-refractivity contribution in [3.05, 3.63) is 62.6 Å². The Balaban J connectivity index is 1.56. The number of benzene rings is 2. The molecule has 126 valence electrons. The lowest BCUT2D eigenvalue weighted by atomic mass is 10.0. The molecule has 0 aliphatic heterocycles. The van der Waals surface area contributed by atoms with Gasteiger partial charge in [-0.1, -0.05) is 45.7 Å². The lowest BCUT2D eigenvalue weighted by molar-refractivity contribution is -0.123. The molecule has 5 heteroatoms. The molecule has 0 fully saturated rings. The molecule has 0 bridgehead atoms. The quantitative estimate of drug-likeness (QED) is 0.768. The van der Waals surface area contributed by atoms with E-state index in [9.17, 15) is 4.79 Å². The summed E-state index contributed by atoms with van der Waals surface area (Å²) in [5.74, 6) is 0.335. The van der Waals surface area contributed by atoms with Gasteiger partial charge in [-0.15, -0.1) is 0 Å². The molecule has 1 aliphatic rings. The summed E-state index contributed by atoms with van der Waals surface area (Å²) in [6, 6.07) is 11.7. The molecule has 2 aromatic rings. The maximum atomic E-state index is 12.1. The maximum Gasteiger partial charge on any atom is 0.258 e. The Kier molecular flexibility index (Phi) is 5.47. The van der Waals surface area contributed by atoms with Crippen LogP contribution in [0.5, 0.6) is 5.75 Å². The molecule has 0 saturated carbocycles. The molecular weight excluding hydrogens is 390 g/mol. The van der Waals surface area contributed by atoms with Crippen molar-refractivity contribution in [1.29, 1.82) is 0 Å². The van der Waals surface area contributed by atoms with Crippen molar-refractivity contribution in [1.82, 2.24) is 5.32 Å². The summed E-state index contributed by atoms with van der Waals surface area (Å²) in [6.07, 6.45) is 3.52. The van der Waals surface area contributed by atoms with Crippen molar-refractivity contribution >= 4 is 33.4 Å². The number of hydrogen-bond acceptors (Lipinski definition) is 2. The topological polar surface area (TPSA) is 38.3 Å². The van der Waals surface area contributed by atoms with Crippen molar-refractivity contribution < 1.29 is 9.53 Å². The monoisotopic (exact) mass is 407 g/mol. The van der Waals surface area contributed by atoms with Crippen molar-refractivity contribution in [3.8, 4) is 5.75 Å². The molecule has 1 N–H and O–H groups in total. The number of carbonyl (C=O) groups excluding carboxylic acids is 1. The van der Waals surface area contributed by atoms with Crippen LogP contribution in [0.2, 0.25) is 5.02 Å². The third-order valence-electron chi connectivity index (χ3n) is 4.25. The van der Waals surface area contributed by atoms with Gasteiger partial charge in [-0.25, -0.2) is 0 Å². The highest BCUT2D eigenvalue weighted by molar-refractivity contribution is 9.10. The molecule has 1 aliphatic carbocycles. The molecule has 3 nitrogen and oxygen atoms in total. The number of aryl methyl sites for hydroxylation is 2. The Hall–Kier alpha value is -1.52. The Labute approximate surface area is 155 Å². The lowest BCUT2D eigenvalue weighted by Gasteiger charge is -2.16. The second kappa shape index (κ2) is 7.58. The first-order valence-electron chi connectivity index (χ1n) is 8.02. The van der Waals surface area contributed by atoms with E-state index in [1.165, 1.54) is 17.5 Å². The highest BCUT2D eigenvalue weighted by Gasteiger charge is 2.15. The number of amides is 1. The van der Waals surface area contributed by atoms with Gasteiger partial charge in [-0.2, -0.15) is 0 Å². The molecule has 0 saturated heterocycles. The van der Waals surface area contributed by atoms with Crippen LogP contribution in [-0.4, -0.2) is 12.5 Å². The highest BCUT2D eigenvalue weighted by Crippen LogP contribution is 2.28. The van der Waals surface area contributed by atoms with Gasteiger partial charge in [-0.05, 0) is 61.1 Å². The highest BCUT2D eigenvalue weighted by atomic mass is 79.9. The Morgan fingerprint density at radius 3 is 2.83 bits per heavy atom.